The number of benzene rings is 1. The minimum Gasteiger partial charge on any atom is -0.479 e. The zero-order valence-electron chi connectivity index (χ0n) is 12.2. The summed E-state index contributed by atoms with van der Waals surface area (Å²) in [5.74, 6) is 0.427. The molecule has 112 valence electrons. The summed E-state index contributed by atoms with van der Waals surface area (Å²) in [6.45, 7) is 5.19. The first-order valence-corrected chi connectivity index (χ1v) is 7.12. The van der Waals surface area contributed by atoms with Crippen LogP contribution in [-0.4, -0.2) is 31.0 Å². The Labute approximate surface area is 123 Å². The second-order valence-corrected chi connectivity index (χ2v) is 5.90. The van der Waals surface area contributed by atoms with E-state index < -0.39 is 6.10 Å². The Balaban J connectivity index is 1.77. The van der Waals surface area contributed by atoms with Crippen molar-refractivity contribution in [3.05, 3.63) is 18.2 Å². The van der Waals surface area contributed by atoms with Crippen LogP contribution in [0.2, 0.25) is 0 Å². The van der Waals surface area contributed by atoms with Crippen LogP contribution in [0.4, 0.5) is 11.4 Å². The van der Waals surface area contributed by atoms with Crippen LogP contribution in [0.3, 0.4) is 0 Å². The number of hydrogen-bond acceptors (Lipinski definition) is 4. The zero-order valence-corrected chi connectivity index (χ0v) is 12.2. The summed E-state index contributed by atoms with van der Waals surface area (Å²) >= 11 is 0. The number of carbonyl (C=O) groups excluding carboxylic acids is 2. The molecular formula is C15H19N3O3. The van der Waals surface area contributed by atoms with E-state index in [0.717, 1.165) is 13.0 Å². The number of hydrogen-bond donors (Lipinski definition) is 3. The SMILES string of the molecule is CC1Oc2ccc(NC(=O)C3(C)CCNC3)cc2NC1=O. The van der Waals surface area contributed by atoms with E-state index in [2.05, 4.69) is 16.0 Å². The van der Waals surface area contributed by atoms with E-state index in [1.165, 1.54) is 0 Å². The molecule has 1 fully saturated rings. The monoisotopic (exact) mass is 289 g/mol. The van der Waals surface area contributed by atoms with Crippen molar-refractivity contribution >= 4 is 23.2 Å². The Morgan fingerprint density at radius 3 is 3.00 bits per heavy atom. The van der Waals surface area contributed by atoms with E-state index in [1.54, 1.807) is 25.1 Å². The van der Waals surface area contributed by atoms with Gasteiger partial charge in [-0.3, -0.25) is 9.59 Å². The smallest absolute Gasteiger partial charge is 0.265 e. The van der Waals surface area contributed by atoms with Gasteiger partial charge in [0.1, 0.15) is 5.75 Å². The van der Waals surface area contributed by atoms with E-state index in [9.17, 15) is 9.59 Å². The lowest BCUT2D eigenvalue weighted by Crippen LogP contribution is -2.36. The first kappa shape index (κ1) is 13.9. The third-order valence-electron chi connectivity index (χ3n) is 4.09. The predicted molar refractivity (Wildman–Crippen MR) is 79.4 cm³/mol. The Kier molecular flexibility index (Phi) is 3.33. The molecule has 0 aliphatic carbocycles. The van der Waals surface area contributed by atoms with E-state index in [0.29, 0.717) is 23.7 Å². The Morgan fingerprint density at radius 2 is 2.29 bits per heavy atom. The molecule has 2 heterocycles. The van der Waals surface area contributed by atoms with Crippen LogP contribution in [-0.2, 0) is 9.59 Å². The highest BCUT2D eigenvalue weighted by molar-refractivity contribution is 6.00. The summed E-state index contributed by atoms with van der Waals surface area (Å²) in [5.41, 5.74) is 0.861. The van der Waals surface area contributed by atoms with Gasteiger partial charge in [-0.05, 0) is 45.0 Å². The third kappa shape index (κ3) is 2.58. The summed E-state index contributed by atoms with van der Waals surface area (Å²) in [6, 6.07) is 5.27. The van der Waals surface area contributed by atoms with Crippen molar-refractivity contribution in [2.24, 2.45) is 5.41 Å². The maximum atomic E-state index is 12.4. The van der Waals surface area contributed by atoms with Crippen molar-refractivity contribution in [3.8, 4) is 5.75 Å². The van der Waals surface area contributed by atoms with Crippen LogP contribution in [0.5, 0.6) is 5.75 Å². The van der Waals surface area contributed by atoms with Gasteiger partial charge in [0, 0.05) is 12.2 Å². The molecule has 21 heavy (non-hydrogen) atoms. The summed E-state index contributed by atoms with van der Waals surface area (Å²) in [6.07, 6.45) is 0.322. The average Bonchev–Trinajstić information content (AvgIpc) is 2.89. The van der Waals surface area contributed by atoms with Crippen LogP contribution in [0, 0.1) is 5.41 Å². The van der Waals surface area contributed by atoms with Gasteiger partial charge in [-0.25, -0.2) is 0 Å². The van der Waals surface area contributed by atoms with Gasteiger partial charge in [0.15, 0.2) is 6.10 Å². The van der Waals surface area contributed by atoms with E-state index in [1.807, 2.05) is 6.92 Å². The quantitative estimate of drug-likeness (QED) is 0.767. The summed E-state index contributed by atoms with van der Waals surface area (Å²) < 4.78 is 5.49. The molecule has 2 amide bonds. The van der Waals surface area contributed by atoms with Gasteiger partial charge in [-0.15, -0.1) is 0 Å². The van der Waals surface area contributed by atoms with Crippen LogP contribution in [0.25, 0.3) is 0 Å². The van der Waals surface area contributed by atoms with E-state index in [-0.39, 0.29) is 17.2 Å². The van der Waals surface area contributed by atoms with Gasteiger partial charge in [-0.1, -0.05) is 0 Å². The largest absolute Gasteiger partial charge is 0.479 e. The van der Waals surface area contributed by atoms with Gasteiger partial charge in [-0.2, -0.15) is 0 Å². The van der Waals surface area contributed by atoms with E-state index in [4.69, 9.17) is 4.74 Å². The fraction of sp³-hybridized carbons (Fsp3) is 0.467. The molecule has 2 unspecified atom stereocenters. The number of amides is 2. The van der Waals surface area contributed by atoms with Crippen molar-refractivity contribution < 1.29 is 14.3 Å². The normalized spacial score (nSPS) is 27.5. The summed E-state index contributed by atoms with van der Waals surface area (Å²) in [7, 11) is 0. The number of rotatable bonds is 2. The van der Waals surface area contributed by atoms with Crippen LogP contribution in [0.15, 0.2) is 18.2 Å². The first-order chi connectivity index (χ1) is 9.98. The average molecular weight is 289 g/mol. The lowest BCUT2D eigenvalue weighted by Gasteiger charge is -2.25. The molecule has 1 aromatic carbocycles. The van der Waals surface area contributed by atoms with E-state index >= 15 is 0 Å². The second-order valence-electron chi connectivity index (χ2n) is 5.90. The third-order valence-corrected chi connectivity index (χ3v) is 4.09. The van der Waals surface area contributed by atoms with Crippen molar-refractivity contribution in [3.63, 3.8) is 0 Å². The molecule has 0 bridgehead atoms. The number of ether oxygens (including phenoxy) is 1. The van der Waals surface area contributed by atoms with Gasteiger partial charge < -0.3 is 20.7 Å². The molecule has 2 atom stereocenters. The number of carbonyl (C=O) groups is 2. The number of fused-ring (bicyclic) bond motifs is 1. The maximum absolute atomic E-state index is 12.4. The lowest BCUT2D eigenvalue weighted by atomic mass is 9.89. The summed E-state index contributed by atoms with van der Waals surface area (Å²) in [5, 5.41) is 8.89. The molecule has 0 aromatic heterocycles. The van der Waals surface area contributed by atoms with Crippen LogP contribution < -0.4 is 20.7 Å². The Hall–Kier alpha value is -2.08. The summed E-state index contributed by atoms with van der Waals surface area (Å²) in [4.78, 5) is 24.0. The standard InChI is InChI=1S/C15H19N3O3/c1-9-13(19)18-11-7-10(3-4-12(11)21-9)17-14(20)15(2)5-6-16-8-15/h3-4,7,9,16H,5-6,8H2,1-2H3,(H,17,20)(H,18,19). The molecule has 0 saturated carbocycles. The van der Waals surface area contributed by atoms with Gasteiger partial charge in [0.05, 0.1) is 11.1 Å². The Morgan fingerprint density at radius 1 is 1.48 bits per heavy atom. The van der Waals surface area contributed by atoms with Crippen molar-refractivity contribution in [1.29, 1.82) is 0 Å². The van der Waals surface area contributed by atoms with Crippen molar-refractivity contribution in [2.45, 2.75) is 26.4 Å². The minimum atomic E-state index is -0.499. The molecule has 3 rings (SSSR count). The fourth-order valence-corrected chi connectivity index (χ4v) is 2.58. The van der Waals surface area contributed by atoms with Crippen molar-refractivity contribution in [1.82, 2.24) is 5.32 Å². The molecule has 6 heteroatoms. The first-order valence-electron chi connectivity index (χ1n) is 7.12. The number of nitrogens with one attached hydrogen (secondary N) is 3. The predicted octanol–water partition coefficient (Wildman–Crippen LogP) is 1.34. The van der Waals surface area contributed by atoms with Gasteiger partial charge in [0.2, 0.25) is 5.91 Å². The van der Waals surface area contributed by atoms with Crippen LogP contribution in [0.1, 0.15) is 20.3 Å². The highest BCUT2D eigenvalue weighted by atomic mass is 16.5. The lowest BCUT2D eigenvalue weighted by molar-refractivity contribution is -0.124. The molecule has 3 N–H and O–H groups in total. The van der Waals surface area contributed by atoms with Crippen LogP contribution >= 0.6 is 0 Å². The molecule has 0 spiro atoms. The van der Waals surface area contributed by atoms with Gasteiger partial charge >= 0.3 is 0 Å². The van der Waals surface area contributed by atoms with Gasteiger partial charge in [0.25, 0.3) is 5.91 Å². The molecule has 1 aromatic rings. The van der Waals surface area contributed by atoms with Crippen molar-refractivity contribution in [2.75, 3.05) is 23.7 Å². The maximum Gasteiger partial charge on any atom is 0.265 e. The molecule has 6 nitrogen and oxygen atoms in total. The topological polar surface area (TPSA) is 79.5 Å². The fourth-order valence-electron chi connectivity index (χ4n) is 2.58. The molecule has 2 aliphatic heterocycles. The molecule has 2 aliphatic rings. The Bertz CT molecular complexity index is 594. The molecular weight excluding hydrogens is 270 g/mol. The minimum absolute atomic E-state index is 0.0103. The highest BCUT2D eigenvalue weighted by Crippen LogP contribution is 2.33. The zero-order chi connectivity index (χ0) is 15.0. The highest BCUT2D eigenvalue weighted by Gasteiger charge is 2.36. The molecule has 0 radical (unpaired) electrons. The molecule has 1 saturated heterocycles. The number of anilines is 2. The second kappa shape index (κ2) is 5.04.